The summed E-state index contributed by atoms with van der Waals surface area (Å²) in [7, 11) is 1.58. The van der Waals surface area contributed by atoms with E-state index in [1.807, 2.05) is 6.92 Å². The molecular formula is C14H21NO4. The molecular weight excluding hydrogens is 246 g/mol. The van der Waals surface area contributed by atoms with Crippen molar-refractivity contribution in [2.45, 2.75) is 19.4 Å². The largest absolute Gasteiger partial charge is 0.484 e. The number of amides is 1. The Morgan fingerprint density at radius 1 is 1.37 bits per heavy atom. The van der Waals surface area contributed by atoms with Gasteiger partial charge in [0.15, 0.2) is 6.61 Å². The van der Waals surface area contributed by atoms with E-state index in [2.05, 4.69) is 5.32 Å². The number of carbonyl (C=O) groups is 1. The first-order valence-corrected chi connectivity index (χ1v) is 6.33. The first kappa shape index (κ1) is 15.5. The third-order valence-electron chi connectivity index (χ3n) is 2.65. The molecule has 1 aromatic carbocycles. The molecule has 0 heterocycles. The van der Waals surface area contributed by atoms with Crippen LogP contribution >= 0.6 is 0 Å². The summed E-state index contributed by atoms with van der Waals surface area (Å²) < 4.78 is 10.2. The lowest BCUT2D eigenvalue weighted by molar-refractivity contribution is -0.123. The summed E-state index contributed by atoms with van der Waals surface area (Å²) in [5, 5.41) is 12.3. The van der Waals surface area contributed by atoms with Crippen molar-refractivity contribution < 1.29 is 19.4 Å². The van der Waals surface area contributed by atoms with Crippen molar-refractivity contribution in [2.24, 2.45) is 0 Å². The van der Waals surface area contributed by atoms with Gasteiger partial charge in [-0.2, -0.15) is 0 Å². The molecule has 1 atom stereocenters. The maximum absolute atomic E-state index is 11.4. The van der Waals surface area contributed by atoms with Crippen molar-refractivity contribution in [1.29, 1.82) is 0 Å². The fourth-order valence-corrected chi connectivity index (χ4v) is 1.51. The van der Waals surface area contributed by atoms with E-state index < -0.39 is 6.10 Å². The van der Waals surface area contributed by atoms with Crippen LogP contribution in [0.15, 0.2) is 24.3 Å². The number of benzene rings is 1. The molecule has 0 saturated heterocycles. The molecule has 0 spiro atoms. The summed E-state index contributed by atoms with van der Waals surface area (Å²) in [5.74, 6) is 0.420. The Morgan fingerprint density at radius 2 is 2.05 bits per heavy atom. The molecule has 0 aliphatic rings. The fourth-order valence-electron chi connectivity index (χ4n) is 1.51. The topological polar surface area (TPSA) is 67.8 Å². The Labute approximate surface area is 113 Å². The SMILES string of the molecule is CC[C@@H](O)c1ccc(OCC(=O)NCCOC)cc1. The third kappa shape index (κ3) is 5.72. The standard InChI is InChI=1S/C14H21NO4/c1-3-13(16)11-4-6-12(7-5-11)19-10-14(17)15-8-9-18-2/h4-7,13,16H,3,8-10H2,1-2H3,(H,15,17)/t13-/m1/s1. The fraction of sp³-hybridized carbons (Fsp3) is 0.500. The molecule has 0 aliphatic heterocycles. The molecule has 5 heteroatoms. The van der Waals surface area contributed by atoms with E-state index in [-0.39, 0.29) is 12.5 Å². The van der Waals surface area contributed by atoms with Crippen LogP contribution in [0.2, 0.25) is 0 Å². The molecule has 0 bridgehead atoms. The van der Waals surface area contributed by atoms with Gasteiger partial charge in [0.2, 0.25) is 0 Å². The summed E-state index contributed by atoms with van der Waals surface area (Å²) in [5.41, 5.74) is 0.847. The average molecular weight is 267 g/mol. The summed E-state index contributed by atoms with van der Waals surface area (Å²) in [6.45, 7) is 2.84. The summed E-state index contributed by atoms with van der Waals surface area (Å²) in [6, 6.07) is 7.09. The van der Waals surface area contributed by atoms with Crippen LogP contribution in [0.3, 0.4) is 0 Å². The van der Waals surface area contributed by atoms with E-state index in [1.165, 1.54) is 0 Å². The van der Waals surface area contributed by atoms with Crippen LogP contribution in [0, 0.1) is 0 Å². The molecule has 0 aromatic heterocycles. The Bertz CT molecular complexity index is 378. The quantitative estimate of drug-likeness (QED) is 0.696. The lowest BCUT2D eigenvalue weighted by Crippen LogP contribution is -2.31. The lowest BCUT2D eigenvalue weighted by atomic mass is 10.1. The summed E-state index contributed by atoms with van der Waals surface area (Å²) in [4.78, 5) is 11.4. The molecule has 5 nitrogen and oxygen atoms in total. The van der Waals surface area contributed by atoms with Gasteiger partial charge in [-0.3, -0.25) is 4.79 Å². The number of hydrogen-bond donors (Lipinski definition) is 2. The van der Waals surface area contributed by atoms with Gasteiger partial charge in [0, 0.05) is 13.7 Å². The molecule has 2 N–H and O–H groups in total. The second kappa shape index (κ2) is 8.50. The molecule has 106 valence electrons. The normalized spacial score (nSPS) is 11.9. The van der Waals surface area contributed by atoms with Crippen LogP contribution in [0.25, 0.3) is 0 Å². The zero-order valence-electron chi connectivity index (χ0n) is 11.4. The number of aliphatic hydroxyl groups is 1. The maximum Gasteiger partial charge on any atom is 0.258 e. The molecule has 0 fully saturated rings. The van der Waals surface area contributed by atoms with Crippen LogP contribution in [-0.2, 0) is 9.53 Å². The van der Waals surface area contributed by atoms with Crippen LogP contribution in [-0.4, -0.2) is 37.9 Å². The number of methoxy groups -OCH3 is 1. The van der Waals surface area contributed by atoms with E-state index in [9.17, 15) is 9.90 Å². The van der Waals surface area contributed by atoms with E-state index in [4.69, 9.17) is 9.47 Å². The van der Waals surface area contributed by atoms with Gasteiger partial charge in [0.25, 0.3) is 5.91 Å². The lowest BCUT2D eigenvalue weighted by Gasteiger charge is -2.10. The Balaban J connectivity index is 2.35. The number of nitrogens with one attached hydrogen (secondary N) is 1. The molecule has 0 aliphatic carbocycles. The highest BCUT2D eigenvalue weighted by Gasteiger charge is 2.05. The van der Waals surface area contributed by atoms with Crippen LogP contribution in [0.4, 0.5) is 0 Å². The molecule has 1 rings (SSSR count). The number of ether oxygens (including phenoxy) is 2. The van der Waals surface area contributed by atoms with Gasteiger partial charge in [-0.15, -0.1) is 0 Å². The Kier molecular flexibility index (Phi) is 6.92. The average Bonchev–Trinajstić information content (AvgIpc) is 2.45. The summed E-state index contributed by atoms with van der Waals surface area (Å²) in [6.07, 6.45) is 0.216. The maximum atomic E-state index is 11.4. The number of aliphatic hydroxyl groups excluding tert-OH is 1. The highest BCUT2D eigenvalue weighted by molar-refractivity contribution is 5.77. The Morgan fingerprint density at radius 3 is 2.63 bits per heavy atom. The van der Waals surface area contributed by atoms with Gasteiger partial charge < -0.3 is 19.9 Å². The van der Waals surface area contributed by atoms with Crippen molar-refractivity contribution in [3.8, 4) is 5.75 Å². The van der Waals surface area contributed by atoms with Crippen molar-refractivity contribution in [1.82, 2.24) is 5.32 Å². The third-order valence-corrected chi connectivity index (χ3v) is 2.65. The van der Waals surface area contributed by atoms with Crippen molar-refractivity contribution in [3.63, 3.8) is 0 Å². The van der Waals surface area contributed by atoms with Gasteiger partial charge in [0.1, 0.15) is 5.75 Å². The van der Waals surface area contributed by atoms with E-state index in [1.54, 1.807) is 31.4 Å². The minimum atomic E-state index is -0.452. The van der Waals surface area contributed by atoms with E-state index >= 15 is 0 Å². The van der Waals surface area contributed by atoms with Gasteiger partial charge in [0.05, 0.1) is 12.7 Å². The highest BCUT2D eigenvalue weighted by atomic mass is 16.5. The smallest absolute Gasteiger partial charge is 0.258 e. The molecule has 0 unspecified atom stereocenters. The predicted octanol–water partition coefficient (Wildman–Crippen LogP) is 1.27. The van der Waals surface area contributed by atoms with Crippen molar-refractivity contribution in [3.05, 3.63) is 29.8 Å². The second-order valence-corrected chi connectivity index (χ2v) is 4.12. The van der Waals surface area contributed by atoms with Crippen LogP contribution < -0.4 is 10.1 Å². The molecule has 0 radical (unpaired) electrons. The highest BCUT2D eigenvalue weighted by Crippen LogP contribution is 2.19. The zero-order valence-corrected chi connectivity index (χ0v) is 11.4. The molecule has 0 saturated carbocycles. The van der Waals surface area contributed by atoms with Gasteiger partial charge in [-0.05, 0) is 24.1 Å². The molecule has 1 aromatic rings. The van der Waals surface area contributed by atoms with Gasteiger partial charge in [-0.1, -0.05) is 19.1 Å². The first-order valence-electron chi connectivity index (χ1n) is 6.33. The van der Waals surface area contributed by atoms with E-state index in [0.717, 1.165) is 5.56 Å². The predicted molar refractivity (Wildman–Crippen MR) is 72.1 cm³/mol. The van der Waals surface area contributed by atoms with Crippen LogP contribution in [0.5, 0.6) is 5.75 Å². The Hall–Kier alpha value is -1.59. The number of carbonyl (C=O) groups excluding carboxylic acids is 1. The minimum absolute atomic E-state index is 0.0284. The number of rotatable bonds is 8. The summed E-state index contributed by atoms with van der Waals surface area (Å²) >= 11 is 0. The van der Waals surface area contributed by atoms with Gasteiger partial charge >= 0.3 is 0 Å². The van der Waals surface area contributed by atoms with Crippen LogP contribution in [0.1, 0.15) is 25.0 Å². The zero-order chi connectivity index (χ0) is 14.1. The second-order valence-electron chi connectivity index (χ2n) is 4.12. The monoisotopic (exact) mass is 267 g/mol. The van der Waals surface area contributed by atoms with Gasteiger partial charge in [-0.25, -0.2) is 0 Å². The van der Waals surface area contributed by atoms with Crippen molar-refractivity contribution >= 4 is 5.91 Å². The molecule has 19 heavy (non-hydrogen) atoms. The van der Waals surface area contributed by atoms with E-state index in [0.29, 0.717) is 25.3 Å². The number of hydrogen-bond acceptors (Lipinski definition) is 4. The van der Waals surface area contributed by atoms with Crippen molar-refractivity contribution in [2.75, 3.05) is 26.9 Å². The molecule has 1 amide bonds. The minimum Gasteiger partial charge on any atom is -0.484 e. The first-order chi connectivity index (χ1) is 9.17.